The molecule has 1 unspecified atom stereocenters. The molecule has 1 heterocycles. The van der Waals surface area contributed by atoms with E-state index >= 15 is 0 Å². The molecule has 250 valence electrons. The standard InChI is InChI=1S/C33H48F2N4O5S/c1-6-9-26(10-7-2)45-19-28(39-32(43)23-11-8-12-36-18-23)33(44)38-27(15-22-13-24(34)16-25(35)14-22)30(41)29(40)21(5)31(42)37-17-20(3)4/h8,11-14,16,18,20-21,26-30,40-41H,6-7,9-10,15,17,19H2,1-5H3,(H,37,42)(H,38,44)(H,39,43)/t21-,27+,28?,29-,30-/m1/s1. The lowest BCUT2D eigenvalue weighted by Gasteiger charge is -2.32. The summed E-state index contributed by atoms with van der Waals surface area (Å²) in [6.45, 7) is 9.78. The van der Waals surface area contributed by atoms with Crippen molar-refractivity contribution < 1.29 is 33.4 Å². The molecule has 0 aliphatic heterocycles. The number of carbonyl (C=O) groups is 3. The number of rotatable bonds is 19. The van der Waals surface area contributed by atoms with Gasteiger partial charge in [0, 0.05) is 36.0 Å². The molecule has 2 rings (SSSR count). The van der Waals surface area contributed by atoms with Crippen molar-refractivity contribution in [1.82, 2.24) is 20.9 Å². The number of benzene rings is 1. The van der Waals surface area contributed by atoms with Crippen LogP contribution in [0.2, 0.25) is 0 Å². The van der Waals surface area contributed by atoms with Crippen LogP contribution < -0.4 is 16.0 Å². The van der Waals surface area contributed by atoms with Crippen LogP contribution in [-0.4, -0.2) is 74.8 Å². The van der Waals surface area contributed by atoms with Crippen LogP contribution in [0.15, 0.2) is 42.7 Å². The molecule has 0 saturated carbocycles. The first-order valence-corrected chi connectivity index (χ1v) is 16.6. The number of nitrogens with zero attached hydrogens (tertiary/aromatic N) is 1. The van der Waals surface area contributed by atoms with E-state index in [0.29, 0.717) is 12.6 Å². The summed E-state index contributed by atoms with van der Waals surface area (Å²) in [7, 11) is 0. The molecular weight excluding hydrogens is 602 g/mol. The molecule has 3 amide bonds. The summed E-state index contributed by atoms with van der Waals surface area (Å²) in [6, 6.07) is 3.68. The zero-order chi connectivity index (χ0) is 33.5. The second-order valence-corrected chi connectivity index (χ2v) is 13.1. The van der Waals surface area contributed by atoms with Crippen molar-refractivity contribution >= 4 is 29.5 Å². The van der Waals surface area contributed by atoms with Crippen molar-refractivity contribution in [2.75, 3.05) is 12.3 Å². The van der Waals surface area contributed by atoms with Crippen molar-refractivity contribution in [3.8, 4) is 0 Å². The molecule has 2 aromatic rings. The molecule has 9 nitrogen and oxygen atoms in total. The molecule has 45 heavy (non-hydrogen) atoms. The van der Waals surface area contributed by atoms with Gasteiger partial charge in [-0.2, -0.15) is 11.8 Å². The predicted octanol–water partition coefficient (Wildman–Crippen LogP) is 4.02. The quantitative estimate of drug-likeness (QED) is 0.155. The van der Waals surface area contributed by atoms with Crippen LogP contribution in [-0.2, 0) is 16.0 Å². The monoisotopic (exact) mass is 650 g/mol. The van der Waals surface area contributed by atoms with E-state index in [9.17, 15) is 33.4 Å². The van der Waals surface area contributed by atoms with Crippen LogP contribution in [0.25, 0.3) is 0 Å². The maximum absolute atomic E-state index is 14.1. The Bertz CT molecular complexity index is 1200. The molecule has 0 aliphatic rings. The lowest BCUT2D eigenvalue weighted by Crippen LogP contribution is -2.57. The number of amides is 3. The smallest absolute Gasteiger partial charge is 0.253 e. The van der Waals surface area contributed by atoms with Gasteiger partial charge in [0.2, 0.25) is 11.8 Å². The molecular formula is C33H48F2N4O5S. The largest absolute Gasteiger partial charge is 0.390 e. The van der Waals surface area contributed by atoms with Gasteiger partial charge in [0.15, 0.2) is 0 Å². The van der Waals surface area contributed by atoms with Gasteiger partial charge >= 0.3 is 0 Å². The Balaban J connectivity index is 2.37. The number of pyridine rings is 1. The van der Waals surface area contributed by atoms with E-state index in [0.717, 1.165) is 37.8 Å². The van der Waals surface area contributed by atoms with E-state index < -0.39 is 59.6 Å². The first kappa shape index (κ1) is 38.1. The minimum Gasteiger partial charge on any atom is -0.390 e. The van der Waals surface area contributed by atoms with Gasteiger partial charge in [0.05, 0.1) is 23.6 Å². The summed E-state index contributed by atoms with van der Waals surface area (Å²) >= 11 is 1.56. The average molecular weight is 651 g/mol. The molecule has 1 aromatic carbocycles. The van der Waals surface area contributed by atoms with E-state index in [1.165, 1.54) is 19.3 Å². The minimum absolute atomic E-state index is 0.122. The van der Waals surface area contributed by atoms with Gasteiger partial charge in [-0.3, -0.25) is 19.4 Å². The SMILES string of the molecule is CCCC(CCC)SCC(NC(=O)c1cccnc1)C(=O)N[C@@H](Cc1cc(F)cc(F)c1)[C@@H](O)[C@H](O)[C@@H](C)C(=O)NCC(C)C. The van der Waals surface area contributed by atoms with Gasteiger partial charge in [-0.25, -0.2) is 8.78 Å². The first-order valence-electron chi connectivity index (χ1n) is 15.6. The van der Waals surface area contributed by atoms with Crippen molar-refractivity contribution in [1.29, 1.82) is 0 Å². The van der Waals surface area contributed by atoms with Crippen LogP contribution >= 0.6 is 11.8 Å². The van der Waals surface area contributed by atoms with Crippen molar-refractivity contribution in [2.24, 2.45) is 11.8 Å². The predicted molar refractivity (Wildman–Crippen MR) is 173 cm³/mol. The van der Waals surface area contributed by atoms with E-state index in [1.54, 1.807) is 23.9 Å². The highest BCUT2D eigenvalue weighted by Gasteiger charge is 2.36. The highest BCUT2D eigenvalue weighted by Crippen LogP contribution is 2.23. The van der Waals surface area contributed by atoms with Gasteiger partial charge in [0.1, 0.15) is 23.8 Å². The molecule has 0 aliphatic carbocycles. The third kappa shape index (κ3) is 13.0. The van der Waals surface area contributed by atoms with Crippen molar-refractivity contribution in [3.63, 3.8) is 0 Å². The van der Waals surface area contributed by atoms with Crippen LogP contribution in [0, 0.1) is 23.5 Å². The second-order valence-electron chi connectivity index (χ2n) is 11.8. The molecule has 0 spiro atoms. The number of hydrogen-bond donors (Lipinski definition) is 5. The molecule has 5 atom stereocenters. The molecule has 0 radical (unpaired) electrons. The van der Waals surface area contributed by atoms with Gasteiger partial charge in [-0.1, -0.05) is 47.5 Å². The van der Waals surface area contributed by atoms with Crippen LogP contribution in [0.4, 0.5) is 8.78 Å². The Kier molecular flexibility index (Phi) is 16.4. The fourth-order valence-electron chi connectivity index (χ4n) is 4.79. The first-order chi connectivity index (χ1) is 21.4. The zero-order valence-corrected chi connectivity index (χ0v) is 27.6. The summed E-state index contributed by atoms with van der Waals surface area (Å²) in [6.07, 6.45) is 3.08. The van der Waals surface area contributed by atoms with Crippen molar-refractivity contribution in [3.05, 3.63) is 65.5 Å². The number of halogens is 2. The highest BCUT2D eigenvalue weighted by molar-refractivity contribution is 7.99. The number of carbonyl (C=O) groups excluding carboxylic acids is 3. The number of aromatic nitrogens is 1. The van der Waals surface area contributed by atoms with Gasteiger partial charge in [0.25, 0.3) is 5.91 Å². The Morgan fingerprint density at radius 2 is 1.58 bits per heavy atom. The molecule has 0 saturated heterocycles. The lowest BCUT2D eigenvalue weighted by molar-refractivity contribution is -0.132. The van der Waals surface area contributed by atoms with Crippen LogP contribution in [0.5, 0.6) is 0 Å². The molecule has 12 heteroatoms. The van der Waals surface area contributed by atoms with E-state index in [4.69, 9.17) is 0 Å². The van der Waals surface area contributed by atoms with Crippen LogP contribution in [0.1, 0.15) is 76.2 Å². The number of hydrogen-bond acceptors (Lipinski definition) is 7. The maximum Gasteiger partial charge on any atom is 0.253 e. The second kappa shape index (κ2) is 19.4. The highest BCUT2D eigenvalue weighted by atomic mass is 32.2. The molecule has 5 N–H and O–H groups in total. The Morgan fingerprint density at radius 3 is 2.13 bits per heavy atom. The fourth-order valence-corrected chi connectivity index (χ4v) is 6.29. The minimum atomic E-state index is -1.70. The fraction of sp³-hybridized carbons (Fsp3) is 0.576. The van der Waals surface area contributed by atoms with Gasteiger partial charge in [-0.15, -0.1) is 0 Å². The summed E-state index contributed by atoms with van der Waals surface area (Å²) < 4.78 is 28.1. The molecule has 1 aromatic heterocycles. The average Bonchev–Trinajstić information content (AvgIpc) is 3.00. The Hall–Kier alpha value is -3.09. The zero-order valence-electron chi connectivity index (χ0n) is 26.8. The third-order valence-electron chi connectivity index (χ3n) is 7.34. The number of aliphatic hydroxyl groups is 2. The van der Waals surface area contributed by atoms with Crippen LogP contribution in [0.3, 0.4) is 0 Å². The van der Waals surface area contributed by atoms with E-state index in [2.05, 4.69) is 34.8 Å². The molecule has 0 bridgehead atoms. The lowest BCUT2D eigenvalue weighted by atomic mass is 9.90. The summed E-state index contributed by atoms with van der Waals surface area (Å²) in [5.41, 5.74) is 0.375. The summed E-state index contributed by atoms with van der Waals surface area (Å²) in [4.78, 5) is 43.5. The van der Waals surface area contributed by atoms with Crippen molar-refractivity contribution in [2.45, 2.75) is 96.3 Å². The number of thioether (sulfide) groups is 1. The topological polar surface area (TPSA) is 141 Å². The van der Waals surface area contributed by atoms with E-state index in [1.807, 2.05) is 13.8 Å². The number of nitrogens with one attached hydrogen (secondary N) is 3. The summed E-state index contributed by atoms with van der Waals surface area (Å²) in [5.74, 6) is -4.05. The molecule has 0 fully saturated rings. The van der Waals surface area contributed by atoms with Gasteiger partial charge in [-0.05, 0) is 55.0 Å². The summed E-state index contributed by atoms with van der Waals surface area (Å²) in [5, 5.41) is 30.8. The Morgan fingerprint density at radius 1 is 0.933 bits per heavy atom. The number of aliphatic hydroxyl groups excluding tert-OH is 2. The Labute approximate surface area is 269 Å². The van der Waals surface area contributed by atoms with Gasteiger partial charge < -0.3 is 26.2 Å². The normalized spacial score (nSPS) is 14.8. The van der Waals surface area contributed by atoms with E-state index in [-0.39, 0.29) is 34.5 Å². The third-order valence-corrected chi connectivity index (χ3v) is 8.81. The maximum atomic E-state index is 14.1.